The van der Waals surface area contributed by atoms with E-state index >= 15 is 0 Å². The van der Waals surface area contributed by atoms with Gasteiger partial charge in [0.15, 0.2) is 6.10 Å². The fourth-order valence-electron chi connectivity index (χ4n) is 4.46. The molecule has 2 atom stereocenters. The summed E-state index contributed by atoms with van der Waals surface area (Å²) in [6, 6.07) is 10.7. The van der Waals surface area contributed by atoms with Gasteiger partial charge >= 0.3 is 11.9 Å². The second-order valence-electron chi connectivity index (χ2n) is 10.2. The zero-order valence-electron chi connectivity index (χ0n) is 22.9. The second kappa shape index (κ2) is 12.6. The number of ether oxygens (including phenoxy) is 2. The van der Waals surface area contributed by atoms with Crippen LogP contribution in [0, 0.1) is 5.92 Å². The van der Waals surface area contributed by atoms with Gasteiger partial charge in [0, 0.05) is 5.56 Å². The first kappa shape index (κ1) is 29.9. The van der Waals surface area contributed by atoms with Crippen molar-refractivity contribution in [1.29, 1.82) is 0 Å². The molecule has 1 heterocycles. The topological polar surface area (TPSA) is 196 Å². The van der Waals surface area contributed by atoms with Gasteiger partial charge < -0.3 is 40.5 Å². The number of quaternary nitrogens is 1. The first-order valence-electron chi connectivity index (χ1n) is 13.2. The Kier molecular flexibility index (Phi) is 8.96. The maximum absolute atomic E-state index is 13.4. The smallest absolute Gasteiger partial charge is 0.339 e. The normalized spacial score (nSPS) is 16.2. The summed E-state index contributed by atoms with van der Waals surface area (Å²) in [5.74, 6) is -5.41. The third kappa shape index (κ3) is 6.61. The summed E-state index contributed by atoms with van der Waals surface area (Å²) in [5, 5.41) is 45.8. The van der Waals surface area contributed by atoms with Crippen molar-refractivity contribution < 1.29 is 54.4 Å². The van der Waals surface area contributed by atoms with Crippen molar-refractivity contribution in [1.82, 2.24) is 5.32 Å². The molecule has 4 rings (SSSR count). The molecule has 1 saturated heterocycles. The van der Waals surface area contributed by atoms with Crippen molar-refractivity contribution in [2.75, 3.05) is 19.7 Å². The fourth-order valence-corrected chi connectivity index (χ4v) is 4.46. The Hall–Kier alpha value is -5.10. The first-order valence-corrected chi connectivity index (χ1v) is 13.2. The molecule has 0 aromatic heterocycles. The van der Waals surface area contributed by atoms with Crippen LogP contribution in [0.1, 0.15) is 60.8 Å². The second-order valence-corrected chi connectivity index (χ2v) is 10.2. The highest BCUT2D eigenvalue weighted by atomic mass is 16.5. The lowest BCUT2D eigenvalue weighted by atomic mass is 9.95. The van der Waals surface area contributed by atoms with Crippen molar-refractivity contribution in [3.05, 3.63) is 82.4 Å². The number of phenols is 4. The minimum Gasteiger partial charge on any atom is -0.508 e. The molecule has 1 aliphatic rings. The van der Waals surface area contributed by atoms with Crippen LogP contribution in [-0.2, 0) is 9.47 Å². The number of carbonyl (C=O) groups excluding carboxylic acids is 4. The van der Waals surface area contributed by atoms with Crippen LogP contribution in [0.15, 0.2) is 54.6 Å². The SMILES string of the molecule is CC(C)COC(=O)c1cccc(O)c1C(=O)c1c(O)cc(C(=O)OC2C[NH2+]CC2NC(=O)c2ccc(O)cc2)cc1O. The molecule has 3 aromatic carbocycles. The van der Waals surface area contributed by atoms with Gasteiger partial charge in [-0.15, -0.1) is 0 Å². The summed E-state index contributed by atoms with van der Waals surface area (Å²) in [5.41, 5.74) is -1.35. The standard InChI is InChI=1S/C30H30N2O10/c1-15(2)14-41-30(40)19-4-3-5-21(34)25(19)27(37)26-22(35)10-17(11-23(26)36)29(39)42-24-13-31-12-20(24)32-28(38)16-6-8-18(33)9-7-16/h3-11,15,20,24,31,33-36H,12-14H2,1-2H3,(H,32,38)/p+1. The van der Waals surface area contributed by atoms with E-state index < -0.39 is 64.2 Å². The van der Waals surface area contributed by atoms with Gasteiger partial charge in [-0.25, -0.2) is 9.59 Å². The third-order valence-electron chi connectivity index (χ3n) is 6.57. The zero-order chi connectivity index (χ0) is 30.6. The average molecular weight is 580 g/mol. The van der Waals surface area contributed by atoms with Crippen LogP contribution in [0.25, 0.3) is 0 Å². The fraction of sp³-hybridized carbons (Fsp3) is 0.267. The summed E-state index contributed by atoms with van der Waals surface area (Å²) >= 11 is 0. The van der Waals surface area contributed by atoms with E-state index in [2.05, 4.69) is 5.32 Å². The monoisotopic (exact) mass is 579 g/mol. The molecule has 3 aromatic rings. The molecule has 220 valence electrons. The van der Waals surface area contributed by atoms with Crippen LogP contribution in [0.2, 0.25) is 0 Å². The molecule has 1 fully saturated rings. The number of hydrogen-bond donors (Lipinski definition) is 6. The molecule has 2 unspecified atom stereocenters. The molecule has 7 N–H and O–H groups in total. The number of amides is 1. The van der Waals surface area contributed by atoms with Crippen molar-refractivity contribution in [2.45, 2.75) is 26.0 Å². The van der Waals surface area contributed by atoms with Gasteiger partial charge in [0.25, 0.3) is 5.91 Å². The molecule has 0 spiro atoms. The molecule has 0 saturated carbocycles. The maximum Gasteiger partial charge on any atom is 0.339 e. The minimum absolute atomic E-state index is 0.0110. The Morgan fingerprint density at radius 3 is 2.17 bits per heavy atom. The number of ketones is 1. The molecule has 12 nitrogen and oxygen atoms in total. The average Bonchev–Trinajstić information content (AvgIpc) is 3.37. The predicted octanol–water partition coefficient (Wildman–Crippen LogP) is 1.45. The number of phenolic OH excluding ortho intramolecular Hbond substituents is 4. The quantitative estimate of drug-likeness (QED) is 0.159. The van der Waals surface area contributed by atoms with Crippen molar-refractivity contribution in [3.8, 4) is 23.0 Å². The molecular weight excluding hydrogens is 548 g/mol. The highest BCUT2D eigenvalue weighted by molar-refractivity contribution is 6.18. The van der Waals surface area contributed by atoms with Crippen LogP contribution in [-0.4, -0.2) is 75.9 Å². The molecule has 12 heteroatoms. The molecular formula is C30H31N2O10+. The largest absolute Gasteiger partial charge is 0.508 e. The van der Waals surface area contributed by atoms with E-state index in [0.717, 1.165) is 12.1 Å². The number of rotatable bonds is 9. The zero-order valence-corrected chi connectivity index (χ0v) is 22.9. The molecule has 0 bridgehead atoms. The minimum atomic E-state index is -1.07. The Morgan fingerprint density at radius 2 is 1.52 bits per heavy atom. The molecule has 0 radical (unpaired) electrons. The number of nitrogens with one attached hydrogen (secondary N) is 1. The highest BCUT2D eigenvalue weighted by Gasteiger charge is 2.36. The molecule has 1 aliphatic heterocycles. The van der Waals surface area contributed by atoms with Crippen LogP contribution < -0.4 is 10.6 Å². The van der Waals surface area contributed by atoms with Gasteiger partial charge in [-0.2, -0.15) is 0 Å². The van der Waals surface area contributed by atoms with Crippen LogP contribution in [0.5, 0.6) is 23.0 Å². The van der Waals surface area contributed by atoms with Gasteiger partial charge in [0.2, 0.25) is 5.78 Å². The summed E-state index contributed by atoms with van der Waals surface area (Å²) < 4.78 is 10.7. The van der Waals surface area contributed by atoms with Crippen LogP contribution in [0.3, 0.4) is 0 Å². The van der Waals surface area contributed by atoms with E-state index in [-0.39, 0.29) is 29.4 Å². The van der Waals surface area contributed by atoms with Crippen molar-refractivity contribution in [2.24, 2.45) is 5.92 Å². The summed E-state index contributed by atoms with van der Waals surface area (Å²) in [6.45, 7) is 4.47. The van der Waals surface area contributed by atoms with Gasteiger partial charge in [0.1, 0.15) is 47.7 Å². The summed E-state index contributed by atoms with van der Waals surface area (Å²) in [7, 11) is 0. The maximum atomic E-state index is 13.4. The van der Waals surface area contributed by atoms with Gasteiger partial charge in [-0.05, 0) is 54.4 Å². The molecule has 0 aliphatic carbocycles. The van der Waals surface area contributed by atoms with E-state index in [9.17, 15) is 39.6 Å². The number of esters is 2. The molecule has 42 heavy (non-hydrogen) atoms. The lowest BCUT2D eigenvalue weighted by Gasteiger charge is -2.18. The van der Waals surface area contributed by atoms with E-state index in [1.54, 1.807) is 0 Å². The van der Waals surface area contributed by atoms with Gasteiger partial charge in [-0.3, -0.25) is 9.59 Å². The lowest BCUT2D eigenvalue weighted by molar-refractivity contribution is -0.638. The van der Waals surface area contributed by atoms with E-state index in [4.69, 9.17) is 9.47 Å². The van der Waals surface area contributed by atoms with E-state index in [0.29, 0.717) is 18.7 Å². The predicted molar refractivity (Wildman–Crippen MR) is 147 cm³/mol. The van der Waals surface area contributed by atoms with Crippen LogP contribution in [0.4, 0.5) is 0 Å². The third-order valence-corrected chi connectivity index (χ3v) is 6.57. The summed E-state index contributed by atoms with van der Waals surface area (Å²) in [4.78, 5) is 51.5. The number of carbonyl (C=O) groups is 4. The van der Waals surface area contributed by atoms with Gasteiger partial charge in [0.05, 0.1) is 23.3 Å². The summed E-state index contributed by atoms with van der Waals surface area (Å²) in [6.07, 6.45) is -0.746. The van der Waals surface area contributed by atoms with E-state index in [1.807, 2.05) is 19.2 Å². The lowest BCUT2D eigenvalue weighted by Crippen LogP contribution is -2.82. The van der Waals surface area contributed by atoms with Gasteiger partial charge in [-0.1, -0.05) is 19.9 Å². The number of nitrogens with two attached hydrogens (primary N) is 1. The van der Waals surface area contributed by atoms with Crippen LogP contribution >= 0.6 is 0 Å². The Balaban J connectivity index is 1.51. The Morgan fingerprint density at radius 1 is 0.857 bits per heavy atom. The molecule has 1 amide bonds. The first-order chi connectivity index (χ1) is 20.0. The number of aromatic hydroxyl groups is 4. The Labute approximate surface area is 240 Å². The number of hydrogen-bond acceptors (Lipinski definition) is 10. The van der Waals surface area contributed by atoms with Crippen molar-refractivity contribution in [3.63, 3.8) is 0 Å². The van der Waals surface area contributed by atoms with Crippen molar-refractivity contribution >= 4 is 23.6 Å². The number of benzene rings is 3. The van der Waals surface area contributed by atoms with E-state index in [1.165, 1.54) is 42.5 Å². The highest BCUT2D eigenvalue weighted by Crippen LogP contribution is 2.35. The Bertz CT molecular complexity index is 1490.